The standard InChI is InChI=1S/C15H23BrN2O/c1-3-4-14(18-9-7-17-8-10-18)12-5-6-15(19-2)13(16)11-12/h5-6,11,14,17H,3-4,7-10H2,1-2H3/t14-/m1/s1. The van der Waals surface area contributed by atoms with Gasteiger partial charge in [-0.15, -0.1) is 0 Å². The summed E-state index contributed by atoms with van der Waals surface area (Å²) in [5.41, 5.74) is 1.39. The van der Waals surface area contributed by atoms with E-state index < -0.39 is 0 Å². The van der Waals surface area contributed by atoms with Gasteiger partial charge in [-0.1, -0.05) is 19.4 Å². The van der Waals surface area contributed by atoms with Crippen LogP contribution in [-0.4, -0.2) is 38.2 Å². The Morgan fingerprint density at radius 2 is 2.11 bits per heavy atom. The average molecular weight is 327 g/mol. The first-order chi connectivity index (χ1) is 9.26. The van der Waals surface area contributed by atoms with Gasteiger partial charge in [-0.25, -0.2) is 0 Å². The first-order valence-electron chi connectivity index (χ1n) is 7.04. The number of piperazine rings is 1. The fourth-order valence-electron chi connectivity index (χ4n) is 2.72. The Morgan fingerprint density at radius 3 is 2.68 bits per heavy atom. The largest absolute Gasteiger partial charge is 0.496 e. The summed E-state index contributed by atoms with van der Waals surface area (Å²) >= 11 is 3.59. The third kappa shape index (κ3) is 3.71. The van der Waals surface area contributed by atoms with Crippen LogP contribution in [0.3, 0.4) is 0 Å². The highest BCUT2D eigenvalue weighted by atomic mass is 79.9. The van der Waals surface area contributed by atoms with Crippen LogP contribution < -0.4 is 10.1 Å². The lowest BCUT2D eigenvalue weighted by atomic mass is 10.00. The van der Waals surface area contributed by atoms with Gasteiger partial charge < -0.3 is 10.1 Å². The number of benzene rings is 1. The van der Waals surface area contributed by atoms with Crippen molar-refractivity contribution in [1.82, 2.24) is 10.2 Å². The topological polar surface area (TPSA) is 24.5 Å². The minimum atomic E-state index is 0.523. The molecular formula is C15H23BrN2O. The molecule has 3 nitrogen and oxygen atoms in total. The predicted molar refractivity (Wildman–Crippen MR) is 82.8 cm³/mol. The summed E-state index contributed by atoms with van der Waals surface area (Å²) in [5, 5.41) is 3.42. The van der Waals surface area contributed by atoms with Crippen LogP contribution in [0.4, 0.5) is 0 Å². The van der Waals surface area contributed by atoms with Crippen molar-refractivity contribution in [2.45, 2.75) is 25.8 Å². The summed E-state index contributed by atoms with van der Waals surface area (Å²) in [5.74, 6) is 0.902. The summed E-state index contributed by atoms with van der Waals surface area (Å²) < 4.78 is 6.36. The number of methoxy groups -OCH3 is 1. The van der Waals surface area contributed by atoms with Crippen molar-refractivity contribution >= 4 is 15.9 Å². The van der Waals surface area contributed by atoms with E-state index in [-0.39, 0.29) is 0 Å². The van der Waals surface area contributed by atoms with Gasteiger partial charge in [0, 0.05) is 32.2 Å². The number of halogens is 1. The normalized spacial score (nSPS) is 18.3. The van der Waals surface area contributed by atoms with Crippen LogP contribution in [0.2, 0.25) is 0 Å². The van der Waals surface area contributed by atoms with Gasteiger partial charge in [0.2, 0.25) is 0 Å². The molecule has 0 saturated carbocycles. The molecule has 1 saturated heterocycles. The number of rotatable bonds is 5. The van der Waals surface area contributed by atoms with Crippen LogP contribution in [0.15, 0.2) is 22.7 Å². The number of ether oxygens (including phenoxy) is 1. The number of nitrogens with zero attached hydrogens (tertiary/aromatic N) is 1. The van der Waals surface area contributed by atoms with Crippen molar-refractivity contribution in [3.05, 3.63) is 28.2 Å². The Balaban J connectivity index is 2.19. The van der Waals surface area contributed by atoms with E-state index in [1.807, 2.05) is 0 Å². The molecule has 0 unspecified atom stereocenters. The molecular weight excluding hydrogens is 304 g/mol. The molecule has 1 N–H and O–H groups in total. The van der Waals surface area contributed by atoms with Gasteiger partial charge in [-0.05, 0) is 40.0 Å². The van der Waals surface area contributed by atoms with Crippen molar-refractivity contribution in [3.63, 3.8) is 0 Å². The molecule has 0 aromatic heterocycles. The van der Waals surface area contributed by atoms with E-state index in [1.54, 1.807) is 7.11 Å². The highest BCUT2D eigenvalue weighted by Gasteiger charge is 2.21. The minimum Gasteiger partial charge on any atom is -0.496 e. The molecule has 1 fully saturated rings. The summed E-state index contributed by atoms with van der Waals surface area (Å²) in [4.78, 5) is 2.59. The Morgan fingerprint density at radius 1 is 1.37 bits per heavy atom. The molecule has 1 aromatic rings. The molecule has 0 aliphatic carbocycles. The first-order valence-corrected chi connectivity index (χ1v) is 7.83. The quantitative estimate of drug-likeness (QED) is 0.899. The molecule has 19 heavy (non-hydrogen) atoms. The monoisotopic (exact) mass is 326 g/mol. The Bertz CT molecular complexity index is 405. The van der Waals surface area contributed by atoms with E-state index >= 15 is 0 Å². The fourth-order valence-corrected chi connectivity index (χ4v) is 3.28. The molecule has 0 radical (unpaired) electrons. The number of hydrogen-bond acceptors (Lipinski definition) is 3. The second kappa shape index (κ2) is 7.27. The Labute approximate surface area is 124 Å². The van der Waals surface area contributed by atoms with E-state index in [1.165, 1.54) is 18.4 Å². The molecule has 1 aliphatic rings. The molecule has 0 spiro atoms. The highest BCUT2D eigenvalue weighted by molar-refractivity contribution is 9.10. The maximum Gasteiger partial charge on any atom is 0.133 e. The Hall–Kier alpha value is -0.580. The third-order valence-corrected chi connectivity index (χ3v) is 4.33. The lowest BCUT2D eigenvalue weighted by Gasteiger charge is -2.35. The van der Waals surface area contributed by atoms with Crippen LogP contribution >= 0.6 is 15.9 Å². The lowest BCUT2D eigenvalue weighted by Crippen LogP contribution is -2.45. The van der Waals surface area contributed by atoms with Gasteiger partial charge in [0.1, 0.15) is 5.75 Å². The van der Waals surface area contributed by atoms with Crippen molar-refractivity contribution in [2.24, 2.45) is 0 Å². The van der Waals surface area contributed by atoms with Gasteiger partial charge in [-0.3, -0.25) is 4.90 Å². The maximum absolute atomic E-state index is 5.31. The lowest BCUT2D eigenvalue weighted by molar-refractivity contribution is 0.164. The molecule has 1 atom stereocenters. The molecule has 106 valence electrons. The van der Waals surface area contributed by atoms with Crippen LogP contribution in [0, 0.1) is 0 Å². The van der Waals surface area contributed by atoms with Gasteiger partial charge >= 0.3 is 0 Å². The fraction of sp³-hybridized carbons (Fsp3) is 0.600. The van der Waals surface area contributed by atoms with E-state index in [4.69, 9.17) is 4.74 Å². The summed E-state index contributed by atoms with van der Waals surface area (Å²) in [6, 6.07) is 6.99. The van der Waals surface area contributed by atoms with Gasteiger partial charge in [0.15, 0.2) is 0 Å². The minimum absolute atomic E-state index is 0.523. The zero-order valence-corrected chi connectivity index (χ0v) is 13.4. The maximum atomic E-state index is 5.31. The summed E-state index contributed by atoms with van der Waals surface area (Å²) in [6.07, 6.45) is 2.41. The average Bonchev–Trinajstić information content (AvgIpc) is 2.45. The molecule has 0 bridgehead atoms. The summed E-state index contributed by atoms with van der Waals surface area (Å²) in [6.45, 7) is 6.71. The summed E-state index contributed by atoms with van der Waals surface area (Å²) in [7, 11) is 1.71. The first kappa shape index (κ1) is 14.8. The molecule has 4 heteroatoms. The third-order valence-electron chi connectivity index (χ3n) is 3.72. The Kier molecular flexibility index (Phi) is 5.67. The van der Waals surface area contributed by atoms with Crippen LogP contribution in [0.5, 0.6) is 5.75 Å². The van der Waals surface area contributed by atoms with E-state index in [0.717, 1.165) is 36.4 Å². The number of nitrogens with one attached hydrogen (secondary N) is 1. The van der Waals surface area contributed by atoms with Crippen molar-refractivity contribution < 1.29 is 4.74 Å². The van der Waals surface area contributed by atoms with Crippen molar-refractivity contribution in [3.8, 4) is 5.75 Å². The van der Waals surface area contributed by atoms with Gasteiger partial charge in [0.25, 0.3) is 0 Å². The van der Waals surface area contributed by atoms with Crippen LogP contribution in [0.25, 0.3) is 0 Å². The second-order valence-corrected chi connectivity index (χ2v) is 5.84. The van der Waals surface area contributed by atoms with E-state index in [0.29, 0.717) is 6.04 Å². The zero-order chi connectivity index (χ0) is 13.7. The SMILES string of the molecule is CCC[C@H](c1ccc(OC)c(Br)c1)N1CCNCC1. The second-order valence-electron chi connectivity index (χ2n) is 4.98. The molecule has 1 aromatic carbocycles. The van der Waals surface area contributed by atoms with Crippen molar-refractivity contribution in [1.29, 1.82) is 0 Å². The predicted octanol–water partition coefficient (Wildman–Crippen LogP) is 3.20. The van der Waals surface area contributed by atoms with Crippen LogP contribution in [0.1, 0.15) is 31.4 Å². The van der Waals surface area contributed by atoms with Gasteiger partial charge in [0.05, 0.1) is 11.6 Å². The van der Waals surface area contributed by atoms with Gasteiger partial charge in [-0.2, -0.15) is 0 Å². The molecule has 1 aliphatic heterocycles. The molecule has 0 amide bonds. The number of hydrogen-bond donors (Lipinski definition) is 1. The van der Waals surface area contributed by atoms with Crippen LogP contribution in [-0.2, 0) is 0 Å². The molecule has 1 heterocycles. The smallest absolute Gasteiger partial charge is 0.133 e. The van der Waals surface area contributed by atoms with E-state index in [2.05, 4.69) is 51.3 Å². The van der Waals surface area contributed by atoms with E-state index in [9.17, 15) is 0 Å². The van der Waals surface area contributed by atoms with Crippen molar-refractivity contribution in [2.75, 3.05) is 33.3 Å². The highest BCUT2D eigenvalue weighted by Crippen LogP contribution is 2.32. The molecule has 2 rings (SSSR count). The zero-order valence-electron chi connectivity index (χ0n) is 11.8.